The molecule has 150 valence electrons. The smallest absolute Gasteiger partial charge is 0.281 e. The van der Waals surface area contributed by atoms with Gasteiger partial charge in [-0.25, -0.2) is 5.43 Å². The Bertz CT molecular complexity index is 1300. The minimum Gasteiger partial charge on any atom is -0.493 e. The van der Waals surface area contributed by atoms with Crippen LogP contribution in [-0.2, 0) is 0 Å². The zero-order chi connectivity index (χ0) is 21.1. The van der Waals surface area contributed by atoms with E-state index in [0.29, 0.717) is 16.9 Å². The lowest BCUT2D eigenvalue weighted by atomic mass is 10.0. The molecule has 3 aromatic carbocycles. The maximum absolute atomic E-state index is 12.5. The van der Waals surface area contributed by atoms with Gasteiger partial charge in [0.2, 0.25) is 0 Å². The number of nitrogens with zero attached hydrogens (tertiary/aromatic N) is 2. The number of fused-ring (bicyclic) bond motifs is 2. The zero-order valence-corrected chi connectivity index (χ0v) is 16.8. The van der Waals surface area contributed by atoms with E-state index < -0.39 is 4.92 Å². The Labute approximate surface area is 175 Å². The van der Waals surface area contributed by atoms with E-state index in [1.807, 2.05) is 43.3 Å². The van der Waals surface area contributed by atoms with Crippen LogP contribution in [0.5, 0.6) is 5.75 Å². The van der Waals surface area contributed by atoms with Gasteiger partial charge >= 0.3 is 0 Å². The number of nitro groups is 1. The Balaban J connectivity index is 1.55. The van der Waals surface area contributed by atoms with E-state index in [2.05, 4.69) is 10.5 Å². The van der Waals surface area contributed by atoms with Crippen LogP contribution >= 0.6 is 11.3 Å². The van der Waals surface area contributed by atoms with Crippen molar-refractivity contribution in [3.05, 3.63) is 81.2 Å². The molecule has 0 bridgehead atoms. The second kappa shape index (κ2) is 8.30. The summed E-state index contributed by atoms with van der Waals surface area (Å²) < 4.78 is 6.47. The number of benzene rings is 3. The molecule has 0 unspecified atom stereocenters. The number of amides is 1. The van der Waals surface area contributed by atoms with Crippen molar-refractivity contribution in [1.29, 1.82) is 0 Å². The topological polar surface area (TPSA) is 93.8 Å². The molecule has 4 aromatic rings. The molecular weight excluding hydrogens is 402 g/mol. The summed E-state index contributed by atoms with van der Waals surface area (Å²) in [6.45, 7) is 2.51. The quantitative estimate of drug-likeness (QED) is 0.266. The summed E-state index contributed by atoms with van der Waals surface area (Å²) in [5.41, 5.74) is 3.37. The number of thiophene rings is 1. The first kappa shape index (κ1) is 19.5. The molecule has 0 aliphatic rings. The second-order valence-electron chi connectivity index (χ2n) is 6.42. The molecule has 7 nitrogen and oxygen atoms in total. The highest BCUT2D eigenvalue weighted by molar-refractivity contribution is 7.20. The first-order valence-electron chi connectivity index (χ1n) is 9.22. The molecule has 4 rings (SSSR count). The molecule has 0 aliphatic carbocycles. The largest absolute Gasteiger partial charge is 0.493 e. The summed E-state index contributed by atoms with van der Waals surface area (Å²) in [6, 6.07) is 17.8. The summed E-state index contributed by atoms with van der Waals surface area (Å²) in [5.74, 6) is 0.430. The van der Waals surface area contributed by atoms with E-state index in [4.69, 9.17) is 4.74 Å². The first-order chi connectivity index (χ1) is 14.6. The van der Waals surface area contributed by atoms with E-state index in [1.165, 1.54) is 23.5 Å². The van der Waals surface area contributed by atoms with Gasteiger partial charge in [0.25, 0.3) is 11.6 Å². The molecule has 0 atom stereocenters. The van der Waals surface area contributed by atoms with Gasteiger partial charge in [-0.15, -0.1) is 11.3 Å². The number of carbonyl (C=O) groups is 1. The van der Waals surface area contributed by atoms with Crippen LogP contribution in [0.3, 0.4) is 0 Å². The molecule has 0 radical (unpaired) electrons. The van der Waals surface area contributed by atoms with Crippen molar-refractivity contribution in [2.75, 3.05) is 6.61 Å². The van der Waals surface area contributed by atoms with Crippen LogP contribution in [0.2, 0.25) is 0 Å². The number of carbonyl (C=O) groups excluding carboxylic acids is 1. The van der Waals surface area contributed by atoms with Crippen LogP contribution in [0.15, 0.2) is 65.8 Å². The third-order valence-electron chi connectivity index (χ3n) is 4.52. The van der Waals surface area contributed by atoms with Crippen molar-refractivity contribution < 1.29 is 14.5 Å². The lowest BCUT2D eigenvalue weighted by molar-refractivity contribution is -0.384. The zero-order valence-electron chi connectivity index (χ0n) is 16.0. The molecule has 0 fully saturated rings. The molecule has 0 spiro atoms. The maximum atomic E-state index is 12.5. The van der Waals surface area contributed by atoms with Crippen molar-refractivity contribution in [2.45, 2.75) is 6.92 Å². The highest BCUT2D eigenvalue weighted by atomic mass is 32.1. The third-order valence-corrected chi connectivity index (χ3v) is 5.64. The first-order valence-corrected chi connectivity index (χ1v) is 10.0. The second-order valence-corrected chi connectivity index (χ2v) is 7.50. The standard InChI is InChI=1S/C22H17N3O4S/c1-2-29-19-9-7-14(17-5-3-4-6-18(17)19)13-23-24-22(26)21-12-15-11-16(25(27)28)8-10-20(15)30-21/h3-13H,2H2,1H3,(H,24,26)/b23-13-. The molecule has 1 aromatic heterocycles. The SMILES string of the molecule is CCOc1ccc(/C=N\NC(=O)c2cc3cc([N+](=O)[O-])ccc3s2)c2ccccc12. The Hall–Kier alpha value is -3.78. The van der Waals surface area contributed by atoms with Gasteiger partial charge in [0.1, 0.15) is 5.75 Å². The van der Waals surface area contributed by atoms with E-state index in [-0.39, 0.29) is 11.6 Å². The summed E-state index contributed by atoms with van der Waals surface area (Å²) in [7, 11) is 0. The van der Waals surface area contributed by atoms with Gasteiger partial charge in [-0.1, -0.05) is 24.3 Å². The van der Waals surface area contributed by atoms with Crippen molar-refractivity contribution in [2.24, 2.45) is 5.10 Å². The number of hydrogen-bond donors (Lipinski definition) is 1. The number of nitro benzene ring substituents is 1. The van der Waals surface area contributed by atoms with Crippen molar-refractivity contribution in [3.8, 4) is 5.75 Å². The fraction of sp³-hybridized carbons (Fsp3) is 0.0909. The Kier molecular flexibility index (Phi) is 5.40. The monoisotopic (exact) mass is 419 g/mol. The van der Waals surface area contributed by atoms with E-state index in [9.17, 15) is 14.9 Å². The lowest BCUT2D eigenvalue weighted by Crippen LogP contribution is -2.16. The highest BCUT2D eigenvalue weighted by Gasteiger charge is 2.13. The van der Waals surface area contributed by atoms with Crippen LogP contribution in [0.25, 0.3) is 20.9 Å². The normalized spacial score (nSPS) is 11.2. The minimum atomic E-state index is -0.456. The predicted octanol–water partition coefficient (Wildman–Crippen LogP) is 5.13. The van der Waals surface area contributed by atoms with Crippen LogP contribution in [0.4, 0.5) is 5.69 Å². The van der Waals surface area contributed by atoms with Gasteiger partial charge in [-0.2, -0.15) is 5.10 Å². The van der Waals surface area contributed by atoms with Crippen LogP contribution in [0, 0.1) is 10.1 Å². The summed E-state index contributed by atoms with van der Waals surface area (Å²) in [5, 5.41) is 17.6. The molecule has 1 heterocycles. The van der Waals surface area contributed by atoms with Gasteiger partial charge in [0, 0.05) is 33.2 Å². The Morgan fingerprint density at radius 2 is 1.97 bits per heavy atom. The van der Waals surface area contributed by atoms with Gasteiger partial charge in [-0.3, -0.25) is 14.9 Å². The number of hydrazone groups is 1. The molecule has 0 saturated carbocycles. The molecular formula is C22H17N3O4S. The summed E-state index contributed by atoms with van der Waals surface area (Å²) >= 11 is 1.26. The number of non-ortho nitro benzene ring substituents is 1. The highest BCUT2D eigenvalue weighted by Crippen LogP contribution is 2.29. The minimum absolute atomic E-state index is 0.00680. The number of ether oxygens (including phenoxy) is 1. The van der Waals surface area contributed by atoms with Crippen LogP contribution in [0.1, 0.15) is 22.2 Å². The summed E-state index contributed by atoms with van der Waals surface area (Å²) in [6.07, 6.45) is 1.59. The van der Waals surface area contributed by atoms with Crippen molar-refractivity contribution >= 4 is 50.0 Å². The number of nitrogens with one attached hydrogen (secondary N) is 1. The predicted molar refractivity (Wildman–Crippen MR) is 119 cm³/mol. The molecule has 30 heavy (non-hydrogen) atoms. The van der Waals surface area contributed by atoms with Crippen molar-refractivity contribution in [1.82, 2.24) is 5.43 Å². The molecule has 0 aliphatic heterocycles. The number of hydrogen-bond acceptors (Lipinski definition) is 6. The number of rotatable bonds is 6. The van der Waals surface area contributed by atoms with E-state index in [0.717, 1.165) is 26.8 Å². The Morgan fingerprint density at radius 3 is 2.73 bits per heavy atom. The van der Waals surface area contributed by atoms with E-state index in [1.54, 1.807) is 18.3 Å². The summed E-state index contributed by atoms with van der Waals surface area (Å²) in [4.78, 5) is 23.3. The molecule has 0 saturated heterocycles. The van der Waals surface area contributed by atoms with Gasteiger partial charge in [0.05, 0.1) is 22.6 Å². The fourth-order valence-corrected chi connectivity index (χ4v) is 4.09. The Morgan fingerprint density at radius 1 is 1.17 bits per heavy atom. The fourth-order valence-electron chi connectivity index (χ4n) is 3.16. The molecule has 8 heteroatoms. The van der Waals surface area contributed by atoms with Crippen LogP contribution < -0.4 is 10.2 Å². The van der Waals surface area contributed by atoms with Gasteiger partial charge < -0.3 is 4.74 Å². The average Bonchev–Trinajstić information content (AvgIpc) is 3.19. The van der Waals surface area contributed by atoms with Gasteiger partial charge in [0.15, 0.2) is 0 Å². The van der Waals surface area contributed by atoms with Crippen molar-refractivity contribution in [3.63, 3.8) is 0 Å². The van der Waals surface area contributed by atoms with Gasteiger partial charge in [-0.05, 0) is 36.6 Å². The average molecular weight is 419 g/mol. The van der Waals surface area contributed by atoms with Crippen LogP contribution in [-0.4, -0.2) is 23.7 Å². The van der Waals surface area contributed by atoms with E-state index >= 15 is 0 Å². The lowest BCUT2D eigenvalue weighted by Gasteiger charge is -2.09. The molecule has 1 N–H and O–H groups in total. The third kappa shape index (κ3) is 3.85. The molecule has 1 amide bonds. The maximum Gasteiger partial charge on any atom is 0.281 e.